The van der Waals surface area contributed by atoms with Gasteiger partial charge >= 0.3 is 0 Å². The second-order valence-corrected chi connectivity index (χ2v) is 3.45. The average Bonchev–Trinajstić information content (AvgIpc) is 2.72. The van der Waals surface area contributed by atoms with Gasteiger partial charge in [-0.3, -0.25) is 4.79 Å². The zero-order valence-electron chi connectivity index (χ0n) is 9.53. The standard InChI is InChI=1S/C11H17N3O2/c1-3-5-9-13-11(16-14-9)7-6-10(15)12-8-4-2/h4H,2-3,5-8H2,1H3,(H,12,15). The highest BCUT2D eigenvalue weighted by Gasteiger charge is 2.07. The molecule has 5 heteroatoms. The summed E-state index contributed by atoms with van der Waals surface area (Å²) < 4.78 is 5.01. The van der Waals surface area contributed by atoms with Crippen molar-refractivity contribution in [3.05, 3.63) is 24.4 Å². The number of amides is 1. The number of nitrogens with one attached hydrogen (secondary N) is 1. The maximum Gasteiger partial charge on any atom is 0.227 e. The molecule has 0 aliphatic rings. The third-order valence-corrected chi connectivity index (χ3v) is 1.99. The van der Waals surface area contributed by atoms with Crippen molar-refractivity contribution in [2.75, 3.05) is 6.54 Å². The Balaban J connectivity index is 2.30. The predicted molar refractivity (Wildman–Crippen MR) is 59.8 cm³/mol. The quantitative estimate of drug-likeness (QED) is 0.706. The molecule has 1 rings (SSSR count). The summed E-state index contributed by atoms with van der Waals surface area (Å²) >= 11 is 0. The molecule has 0 aromatic carbocycles. The number of carbonyl (C=O) groups excluding carboxylic acids is 1. The van der Waals surface area contributed by atoms with E-state index < -0.39 is 0 Å². The van der Waals surface area contributed by atoms with Crippen molar-refractivity contribution in [1.29, 1.82) is 0 Å². The first-order chi connectivity index (χ1) is 7.76. The largest absolute Gasteiger partial charge is 0.353 e. The highest BCUT2D eigenvalue weighted by atomic mass is 16.5. The van der Waals surface area contributed by atoms with Gasteiger partial charge in [0, 0.05) is 25.8 Å². The van der Waals surface area contributed by atoms with Gasteiger partial charge < -0.3 is 9.84 Å². The van der Waals surface area contributed by atoms with Gasteiger partial charge in [-0.05, 0) is 6.42 Å². The van der Waals surface area contributed by atoms with Crippen LogP contribution in [0.25, 0.3) is 0 Å². The summed E-state index contributed by atoms with van der Waals surface area (Å²) in [5.41, 5.74) is 0. The van der Waals surface area contributed by atoms with Crippen LogP contribution in [0.15, 0.2) is 17.2 Å². The molecule has 0 atom stereocenters. The SMILES string of the molecule is C=CCNC(=O)CCc1nc(CCC)no1. The lowest BCUT2D eigenvalue weighted by molar-refractivity contribution is -0.120. The van der Waals surface area contributed by atoms with Crippen LogP contribution in [-0.2, 0) is 17.6 Å². The van der Waals surface area contributed by atoms with Crippen LogP contribution in [0.3, 0.4) is 0 Å². The normalized spacial score (nSPS) is 10.1. The molecule has 0 bridgehead atoms. The second-order valence-electron chi connectivity index (χ2n) is 3.45. The summed E-state index contributed by atoms with van der Waals surface area (Å²) in [7, 11) is 0. The van der Waals surface area contributed by atoms with Crippen molar-refractivity contribution in [3.63, 3.8) is 0 Å². The van der Waals surface area contributed by atoms with Crippen molar-refractivity contribution in [3.8, 4) is 0 Å². The lowest BCUT2D eigenvalue weighted by Crippen LogP contribution is -2.23. The summed E-state index contributed by atoms with van der Waals surface area (Å²) in [6.07, 6.45) is 4.29. The molecular formula is C11H17N3O2. The van der Waals surface area contributed by atoms with E-state index in [-0.39, 0.29) is 5.91 Å². The van der Waals surface area contributed by atoms with E-state index in [1.165, 1.54) is 0 Å². The first kappa shape index (κ1) is 12.4. The van der Waals surface area contributed by atoms with Crippen molar-refractivity contribution in [2.45, 2.75) is 32.6 Å². The predicted octanol–water partition coefficient (Wildman–Crippen LogP) is 1.26. The van der Waals surface area contributed by atoms with E-state index in [0.717, 1.165) is 12.8 Å². The Morgan fingerprint density at radius 1 is 1.56 bits per heavy atom. The van der Waals surface area contributed by atoms with Gasteiger partial charge in [0.05, 0.1) is 0 Å². The van der Waals surface area contributed by atoms with Crippen LogP contribution in [-0.4, -0.2) is 22.6 Å². The van der Waals surface area contributed by atoms with Gasteiger partial charge in [-0.25, -0.2) is 0 Å². The van der Waals surface area contributed by atoms with Crippen LogP contribution in [0.5, 0.6) is 0 Å². The molecule has 1 amide bonds. The molecule has 0 unspecified atom stereocenters. The number of carbonyl (C=O) groups is 1. The second kappa shape index (κ2) is 6.76. The minimum Gasteiger partial charge on any atom is -0.353 e. The number of aromatic nitrogens is 2. The molecule has 1 aromatic rings. The Bertz CT molecular complexity index is 347. The van der Waals surface area contributed by atoms with E-state index in [1.807, 2.05) is 0 Å². The van der Waals surface area contributed by atoms with Crippen LogP contribution in [0.1, 0.15) is 31.5 Å². The molecule has 5 nitrogen and oxygen atoms in total. The smallest absolute Gasteiger partial charge is 0.227 e. The van der Waals surface area contributed by atoms with Crippen molar-refractivity contribution in [2.24, 2.45) is 0 Å². The lowest BCUT2D eigenvalue weighted by Gasteiger charge is -1.98. The summed E-state index contributed by atoms with van der Waals surface area (Å²) in [5.74, 6) is 1.20. The number of hydrogen-bond acceptors (Lipinski definition) is 4. The molecule has 1 heterocycles. The number of aryl methyl sites for hydroxylation is 2. The Hall–Kier alpha value is -1.65. The number of nitrogens with zero attached hydrogens (tertiary/aromatic N) is 2. The maximum atomic E-state index is 11.3. The van der Waals surface area contributed by atoms with E-state index in [9.17, 15) is 4.79 Å². The first-order valence-electron chi connectivity index (χ1n) is 5.45. The van der Waals surface area contributed by atoms with Gasteiger partial charge in [-0.15, -0.1) is 6.58 Å². The molecule has 0 aliphatic heterocycles. The van der Waals surface area contributed by atoms with E-state index in [0.29, 0.717) is 31.1 Å². The molecule has 0 aliphatic carbocycles. The lowest BCUT2D eigenvalue weighted by atomic mass is 10.3. The number of rotatable bonds is 7. The molecule has 16 heavy (non-hydrogen) atoms. The number of hydrogen-bond donors (Lipinski definition) is 1. The van der Waals surface area contributed by atoms with Crippen LogP contribution < -0.4 is 5.32 Å². The topological polar surface area (TPSA) is 68.0 Å². The molecule has 0 saturated heterocycles. The Morgan fingerprint density at radius 3 is 3.06 bits per heavy atom. The summed E-state index contributed by atoms with van der Waals surface area (Å²) in [5, 5.41) is 6.50. The van der Waals surface area contributed by atoms with Gasteiger partial charge in [0.2, 0.25) is 11.8 Å². The van der Waals surface area contributed by atoms with Gasteiger partial charge in [-0.2, -0.15) is 4.98 Å². The monoisotopic (exact) mass is 223 g/mol. The molecular weight excluding hydrogens is 206 g/mol. The average molecular weight is 223 g/mol. The molecule has 0 fully saturated rings. The van der Waals surface area contributed by atoms with Crippen molar-refractivity contribution < 1.29 is 9.32 Å². The van der Waals surface area contributed by atoms with E-state index >= 15 is 0 Å². The summed E-state index contributed by atoms with van der Waals surface area (Å²) in [6.45, 7) is 6.06. The van der Waals surface area contributed by atoms with Gasteiger partial charge in [0.1, 0.15) is 0 Å². The molecule has 0 spiro atoms. The minimum absolute atomic E-state index is 0.0323. The Morgan fingerprint density at radius 2 is 2.38 bits per heavy atom. The van der Waals surface area contributed by atoms with Crippen LogP contribution in [0.2, 0.25) is 0 Å². The zero-order valence-corrected chi connectivity index (χ0v) is 9.53. The third kappa shape index (κ3) is 4.25. The zero-order chi connectivity index (χ0) is 11.8. The van der Waals surface area contributed by atoms with Crippen LogP contribution >= 0.6 is 0 Å². The van der Waals surface area contributed by atoms with Crippen molar-refractivity contribution >= 4 is 5.91 Å². The Labute approximate surface area is 94.9 Å². The highest BCUT2D eigenvalue weighted by molar-refractivity contribution is 5.76. The van der Waals surface area contributed by atoms with Gasteiger partial charge in [-0.1, -0.05) is 18.2 Å². The highest BCUT2D eigenvalue weighted by Crippen LogP contribution is 2.02. The van der Waals surface area contributed by atoms with Crippen molar-refractivity contribution in [1.82, 2.24) is 15.5 Å². The molecule has 1 N–H and O–H groups in total. The minimum atomic E-state index is -0.0323. The fourth-order valence-electron chi connectivity index (χ4n) is 1.21. The Kier molecular flexibility index (Phi) is 5.25. The fraction of sp³-hybridized carbons (Fsp3) is 0.545. The molecule has 0 saturated carbocycles. The molecule has 1 aromatic heterocycles. The third-order valence-electron chi connectivity index (χ3n) is 1.99. The maximum absolute atomic E-state index is 11.3. The van der Waals surface area contributed by atoms with Gasteiger partial charge in [0.25, 0.3) is 0 Å². The summed E-state index contributed by atoms with van der Waals surface area (Å²) in [6, 6.07) is 0. The first-order valence-corrected chi connectivity index (χ1v) is 5.45. The van der Waals surface area contributed by atoms with E-state index in [1.54, 1.807) is 6.08 Å². The van der Waals surface area contributed by atoms with E-state index in [4.69, 9.17) is 4.52 Å². The summed E-state index contributed by atoms with van der Waals surface area (Å²) in [4.78, 5) is 15.4. The van der Waals surface area contributed by atoms with E-state index in [2.05, 4.69) is 29.0 Å². The van der Waals surface area contributed by atoms with Crippen LogP contribution in [0.4, 0.5) is 0 Å². The molecule has 88 valence electrons. The molecule has 0 radical (unpaired) electrons. The van der Waals surface area contributed by atoms with Gasteiger partial charge in [0.15, 0.2) is 5.82 Å². The van der Waals surface area contributed by atoms with Crippen LogP contribution in [0, 0.1) is 0 Å². The fourth-order valence-corrected chi connectivity index (χ4v) is 1.21.